The third kappa shape index (κ3) is 2.35. The number of aryl methyl sites for hydroxylation is 1. The van der Waals surface area contributed by atoms with Crippen molar-refractivity contribution in [3.63, 3.8) is 0 Å². The van der Waals surface area contributed by atoms with Gasteiger partial charge in [-0.2, -0.15) is 0 Å². The molecule has 0 heterocycles. The number of aliphatic hydroxyl groups excluding tert-OH is 1. The minimum atomic E-state index is 0.379. The molecule has 0 saturated carbocycles. The number of rotatable bonds is 3. The SMILES string of the molecule is C/C=C(\O)c1ccccc1CCC. The molecule has 0 radical (unpaired) electrons. The van der Waals surface area contributed by atoms with Gasteiger partial charge in [0.1, 0.15) is 5.76 Å². The van der Waals surface area contributed by atoms with Gasteiger partial charge in [0, 0.05) is 5.56 Å². The Morgan fingerprint density at radius 3 is 2.69 bits per heavy atom. The molecule has 1 aromatic carbocycles. The summed E-state index contributed by atoms with van der Waals surface area (Å²) in [5.41, 5.74) is 2.19. The van der Waals surface area contributed by atoms with Gasteiger partial charge in [-0.3, -0.25) is 0 Å². The third-order valence-corrected chi connectivity index (χ3v) is 2.09. The van der Waals surface area contributed by atoms with E-state index in [1.165, 1.54) is 5.56 Å². The highest BCUT2D eigenvalue weighted by Gasteiger charge is 2.03. The van der Waals surface area contributed by atoms with Crippen LogP contribution in [0.25, 0.3) is 5.76 Å². The van der Waals surface area contributed by atoms with Gasteiger partial charge in [-0.1, -0.05) is 37.6 Å². The predicted octanol–water partition coefficient (Wildman–Crippen LogP) is 3.56. The Morgan fingerprint density at radius 1 is 1.38 bits per heavy atom. The Balaban J connectivity index is 3.04. The molecular weight excluding hydrogens is 160 g/mol. The van der Waals surface area contributed by atoms with E-state index in [-0.39, 0.29) is 0 Å². The van der Waals surface area contributed by atoms with E-state index in [9.17, 15) is 5.11 Å². The fraction of sp³-hybridized carbons (Fsp3) is 0.333. The van der Waals surface area contributed by atoms with Gasteiger partial charge in [-0.15, -0.1) is 0 Å². The first-order valence-electron chi connectivity index (χ1n) is 4.73. The van der Waals surface area contributed by atoms with Gasteiger partial charge in [0.25, 0.3) is 0 Å². The third-order valence-electron chi connectivity index (χ3n) is 2.09. The molecule has 13 heavy (non-hydrogen) atoms. The Morgan fingerprint density at radius 2 is 2.08 bits per heavy atom. The number of hydrogen-bond acceptors (Lipinski definition) is 1. The highest BCUT2D eigenvalue weighted by molar-refractivity contribution is 5.61. The molecule has 1 rings (SSSR count). The van der Waals surface area contributed by atoms with Gasteiger partial charge in [0.15, 0.2) is 0 Å². The van der Waals surface area contributed by atoms with E-state index in [1.807, 2.05) is 25.1 Å². The van der Waals surface area contributed by atoms with Crippen LogP contribution in [-0.4, -0.2) is 5.11 Å². The maximum absolute atomic E-state index is 9.60. The minimum Gasteiger partial charge on any atom is -0.508 e. The van der Waals surface area contributed by atoms with Crippen molar-refractivity contribution < 1.29 is 5.11 Å². The summed E-state index contributed by atoms with van der Waals surface area (Å²) in [6.45, 7) is 3.99. The summed E-state index contributed by atoms with van der Waals surface area (Å²) in [6.07, 6.45) is 3.86. The van der Waals surface area contributed by atoms with E-state index in [0.717, 1.165) is 18.4 Å². The maximum atomic E-state index is 9.60. The van der Waals surface area contributed by atoms with Crippen LogP contribution < -0.4 is 0 Å². The van der Waals surface area contributed by atoms with E-state index in [4.69, 9.17) is 0 Å². The highest BCUT2D eigenvalue weighted by Crippen LogP contribution is 2.17. The molecule has 1 N–H and O–H groups in total. The summed E-state index contributed by atoms with van der Waals surface area (Å²) >= 11 is 0. The first-order valence-corrected chi connectivity index (χ1v) is 4.73. The largest absolute Gasteiger partial charge is 0.508 e. The standard InChI is InChI=1S/C12H16O/c1-3-7-10-8-5-6-9-11(10)12(13)4-2/h4-6,8-9,13H,3,7H2,1-2H3/b12-4-. The molecule has 0 aliphatic rings. The van der Waals surface area contributed by atoms with Gasteiger partial charge in [0.2, 0.25) is 0 Å². The van der Waals surface area contributed by atoms with Crippen molar-refractivity contribution in [1.82, 2.24) is 0 Å². The molecule has 0 saturated heterocycles. The predicted molar refractivity (Wildman–Crippen MR) is 56.7 cm³/mol. The zero-order valence-corrected chi connectivity index (χ0v) is 8.25. The molecule has 0 fully saturated rings. The lowest BCUT2D eigenvalue weighted by molar-refractivity contribution is 0.510. The van der Waals surface area contributed by atoms with Crippen LogP contribution in [0.4, 0.5) is 0 Å². The molecule has 0 amide bonds. The van der Waals surface area contributed by atoms with Crippen LogP contribution >= 0.6 is 0 Å². The number of hydrogen-bond donors (Lipinski definition) is 1. The molecule has 70 valence electrons. The molecule has 0 aliphatic carbocycles. The van der Waals surface area contributed by atoms with Crippen LogP contribution in [0.1, 0.15) is 31.4 Å². The van der Waals surface area contributed by atoms with Crippen molar-refractivity contribution in [3.05, 3.63) is 41.5 Å². The van der Waals surface area contributed by atoms with Crippen molar-refractivity contribution in [2.75, 3.05) is 0 Å². The second-order valence-electron chi connectivity index (χ2n) is 3.08. The van der Waals surface area contributed by atoms with Crippen molar-refractivity contribution in [2.24, 2.45) is 0 Å². The van der Waals surface area contributed by atoms with Gasteiger partial charge in [0.05, 0.1) is 0 Å². The number of aliphatic hydroxyl groups is 1. The highest BCUT2D eigenvalue weighted by atomic mass is 16.3. The Labute approximate surface area is 79.7 Å². The topological polar surface area (TPSA) is 20.2 Å². The monoisotopic (exact) mass is 176 g/mol. The summed E-state index contributed by atoms with van der Waals surface area (Å²) < 4.78 is 0. The minimum absolute atomic E-state index is 0.379. The number of benzene rings is 1. The summed E-state index contributed by atoms with van der Waals surface area (Å²) in [5.74, 6) is 0.379. The van der Waals surface area contributed by atoms with Crippen LogP contribution in [0.5, 0.6) is 0 Å². The lowest BCUT2D eigenvalue weighted by Gasteiger charge is -2.06. The smallest absolute Gasteiger partial charge is 0.118 e. The Kier molecular flexibility index (Phi) is 3.56. The summed E-state index contributed by atoms with van der Waals surface area (Å²) in [7, 11) is 0. The molecule has 0 aromatic heterocycles. The second-order valence-corrected chi connectivity index (χ2v) is 3.08. The second kappa shape index (κ2) is 4.70. The van der Waals surface area contributed by atoms with Gasteiger partial charge >= 0.3 is 0 Å². The summed E-state index contributed by atoms with van der Waals surface area (Å²) in [5, 5.41) is 9.60. The fourth-order valence-corrected chi connectivity index (χ4v) is 1.41. The molecular formula is C12H16O. The van der Waals surface area contributed by atoms with Gasteiger partial charge in [-0.25, -0.2) is 0 Å². The fourth-order valence-electron chi connectivity index (χ4n) is 1.41. The molecule has 0 spiro atoms. The van der Waals surface area contributed by atoms with E-state index in [0.29, 0.717) is 5.76 Å². The van der Waals surface area contributed by atoms with E-state index in [2.05, 4.69) is 13.0 Å². The zero-order chi connectivity index (χ0) is 9.68. The average molecular weight is 176 g/mol. The molecule has 1 heteroatoms. The van der Waals surface area contributed by atoms with Crippen molar-refractivity contribution in [3.8, 4) is 0 Å². The molecule has 0 atom stereocenters. The molecule has 1 nitrogen and oxygen atoms in total. The van der Waals surface area contributed by atoms with Crippen LogP contribution in [0.2, 0.25) is 0 Å². The molecule has 1 aromatic rings. The average Bonchev–Trinajstić information content (AvgIpc) is 2.18. The normalized spacial score (nSPS) is 11.7. The van der Waals surface area contributed by atoms with Crippen molar-refractivity contribution >= 4 is 5.76 Å². The molecule has 0 bridgehead atoms. The van der Waals surface area contributed by atoms with Crippen molar-refractivity contribution in [1.29, 1.82) is 0 Å². The molecule has 0 aliphatic heterocycles. The van der Waals surface area contributed by atoms with Crippen LogP contribution in [-0.2, 0) is 6.42 Å². The Hall–Kier alpha value is -1.24. The zero-order valence-electron chi connectivity index (χ0n) is 8.25. The van der Waals surface area contributed by atoms with Crippen molar-refractivity contribution in [2.45, 2.75) is 26.7 Å². The van der Waals surface area contributed by atoms with Gasteiger partial charge in [-0.05, 0) is 25.0 Å². The van der Waals surface area contributed by atoms with Crippen LogP contribution in [0.15, 0.2) is 30.3 Å². The Bertz CT molecular complexity index is 300. The lowest BCUT2D eigenvalue weighted by atomic mass is 10.0. The number of allylic oxidation sites excluding steroid dienone is 1. The van der Waals surface area contributed by atoms with E-state index >= 15 is 0 Å². The first-order chi connectivity index (χ1) is 6.29. The van der Waals surface area contributed by atoms with E-state index in [1.54, 1.807) is 6.08 Å². The summed E-state index contributed by atoms with van der Waals surface area (Å²) in [6, 6.07) is 7.99. The molecule has 0 unspecified atom stereocenters. The maximum Gasteiger partial charge on any atom is 0.118 e. The first kappa shape index (κ1) is 9.85. The van der Waals surface area contributed by atoms with Crippen LogP contribution in [0, 0.1) is 0 Å². The van der Waals surface area contributed by atoms with E-state index < -0.39 is 0 Å². The van der Waals surface area contributed by atoms with Gasteiger partial charge < -0.3 is 5.11 Å². The lowest BCUT2D eigenvalue weighted by Crippen LogP contribution is -1.92. The quantitative estimate of drug-likeness (QED) is 0.698. The summed E-state index contributed by atoms with van der Waals surface area (Å²) in [4.78, 5) is 0. The van der Waals surface area contributed by atoms with Crippen LogP contribution in [0.3, 0.4) is 0 Å².